The van der Waals surface area contributed by atoms with E-state index in [1.165, 1.54) is 32.6 Å². The van der Waals surface area contributed by atoms with E-state index < -0.39 is 335 Å². The molecule has 5 heterocycles. The number of nitrogens with one attached hydrogen (secondary N) is 5. The summed E-state index contributed by atoms with van der Waals surface area (Å²) in [6, 6.07) is -7.87. The minimum absolute atomic E-state index is 0.00857. The first kappa shape index (κ1) is 115. The molecule has 0 radical (unpaired) electrons. The molecule has 0 aliphatic carbocycles. The summed E-state index contributed by atoms with van der Waals surface area (Å²) in [6.45, 7) is 2.58. The minimum atomic E-state index is -2.95. The van der Waals surface area contributed by atoms with Crippen LogP contribution in [0.3, 0.4) is 0 Å². The van der Waals surface area contributed by atoms with Gasteiger partial charge < -0.3 is 139 Å². The zero-order valence-electron chi connectivity index (χ0n) is 78.9. The maximum Gasteiger partial charge on any atom is 0.374 e. The summed E-state index contributed by atoms with van der Waals surface area (Å²) in [5.74, 6) is -32.5. The van der Waals surface area contributed by atoms with E-state index in [4.69, 9.17) is 32.7 Å². The molecule has 784 valence electrons. The number of guanidine groups is 1. The summed E-state index contributed by atoms with van der Waals surface area (Å²) in [7, 11) is 0. The third-order valence-corrected chi connectivity index (χ3v) is 26.4. The molecule has 1 fully saturated rings. The lowest BCUT2D eigenvalue weighted by atomic mass is 10.0. The fraction of sp³-hybridized carbons (Fsp3) is 0.533. The maximum absolute atomic E-state index is 14.6. The van der Waals surface area contributed by atoms with Crippen LogP contribution in [0.4, 0.5) is 0 Å². The molecule has 1 amide bonds. The van der Waals surface area contributed by atoms with Gasteiger partial charge in [0.1, 0.15) is 104 Å². The average molecular weight is 2070 g/mol. The SMILES string of the molecule is CC(C)[C@@H]1N=C(O)[C@H](Cc2ccccc2)N=C(O)[C@H]2N=C(O)[C@H](Cc3ccccc3)N=C(O)[C@@H]3CCCN3C(=O)CN=C(O)[C@H](Cc3ccccc3)N=C(O)[C@@H]3CNCCCC[C@@H](C(=O)C(=O)O)N=C(O)C4N=C(O)[C@H](CC(=N)O)N=C(O)CN=C(O)[C@H]([C@@H](O)C(=O)O)N=C(O)[C@H](CSC[C@H](N=C(O)[C@H](CCC(=N)O)N=C(O)[C@H](CCCNC(=N)N)N=C(O)[C@@H](N)CS[C@@H]4C)C(O)=N[C@@H](CSC2C)C(O)=N3)N=C1O. The fourth-order valence-electron chi connectivity index (χ4n) is 14.9. The molecule has 5 aliphatic heterocycles. The molecule has 6 bridgehead atoms. The number of hydrogen-bond donors (Lipinski definition) is 29. The average Bonchev–Trinajstić information content (AvgIpc) is 1.37. The molecule has 3 aromatic rings. The highest BCUT2D eigenvalue weighted by Gasteiger charge is 2.41. The smallest absolute Gasteiger partial charge is 0.374 e. The van der Waals surface area contributed by atoms with Crippen LogP contribution in [0, 0.1) is 22.1 Å². The third kappa shape index (κ3) is 36.1. The Morgan fingerprint density at radius 3 is 1.49 bits per heavy atom. The van der Waals surface area contributed by atoms with Crippen LogP contribution in [0.5, 0.6) is 0 Å². The molecule has 8 rings (SSSR count). The van der Waals surface area contributed by atoms with E-state index in [-0.39, 0.29) is 77.4 Å². The number of carboxylic acids is 2. The van der Waals surface area contributed by atoms with E-state index in [2.05, 4.69) is 90.5 Å². The van der Waals surface area contributed by atoms with Crippen molar-refractivity contribution in [3.05, 3.63) is 108 Å². The molecule has 0 aromatic heterocycles. The highest BCUT2D eigenvalue weighted by Crippen LogP contribution is 2.29. The summed E-state index contributed by atoms with van der Waals surface area (Å²) in [6.07, 6.45) is -7.22. The van der Waals surface area contributed by atoms with Gasteiger partial charge in [-0.1, -0.05) is 119 Å². The first-order chi connectivity index (χ1) is 68.4. The third-order valence-electron chi connectivity index (χ3n) is 22.7. The van der Waals surface area contributed by atoms with E-state index in [1.54, 1.807) is 91.0 Å². The Hall–Kier alpha value is -14.1. The normalized spacial score (nSPS) is 27.7. The topological polar surface area (TPSA) is 874 Å². The van der Waals surface area contributed by atoms with Crippen molar-refractivity contribution in [1.82, 2.24) is 15.5 Å². The largest absolute Gasteiger partial charge is 0.497 e. The van der Waals surface area contributed by atoms with Crippen LogP contribution in [0.15, 0.2) is 176 Å². The predicted octanol–water partition coefficient (Wildman–Crippen LogP) is 5.87. The molecule has 54 heteroatoms. The number of aliphatic imine (C=N–C) groups is 17. The van der Waals surface area contributed by atoms with Gasteiger partial charge in [0, 0.05) is 78.8 Å². The van der Waals surface area contributed by atoms with Gasteiger partial charge in [0.2, 0.25) is 100 Å². The van der Waals surface area contributed by atoms with Gasteiger partial charge >= 0.3 is 11.9 Å². The highest BCUT2D eigenvalue weighted by atomic mass is 32.2. The number of ketones is 1. The second-order valence-corrected chi connectivity index (χ2v) is 38.1. The summed E-state index contributed by atoms with van der Waals surface area (Å²) < 4.78 is 0. The molecule has 20 atom stereocenters. The van der Waals surface area contributed by atoms with Gasteiger partial charge in [-0.2, -0.15) is 35.3 Å². The molecule has 0 saturated carbocycles. The van der Waals surface area contributed by atoms with Crippen molar-refractivity contribution >= 4 is 177 Å². The van der Waals surface area contributed by atoms with Crippen LogP contribution in [0.2, 0.25) is 0 Å². The molecule has 0 spiro atoms. The first-order valence-electron chi connectivity index (χ1n) is 45.8. The number of thioether (sulfide) groups is 3. The minimum Gasteiger partial charge on any atom is -0.497 e. The molecular weight excluding hydrogens is 1940 g/mol. The van der Waals surface area contributed by atoms with Crippen LogP contribution in [-0.2, 0) is 38.4 Å². The number of nitrogens with zero attached hydrogens (tertiary/aromatic N) is 18. The highest BCUT2D eigenvalue weighted by molar-refractivity contribution is 8.00. The zero-order valence-corrected chi connectivity index (χ0v) is 81.4. The number of nitrogens with two attached hydrogens (primary N) is 2. The van der Waals surface area contributed by atoms with Crippen LogP contribution in [0.1, 0.15) is 109 Å². The number of hydrogen-bond acceptors (Lipinski definition) is 30. The van der Waals surface area contributed by atoms with E-state index in [1.807, 2.05) is 0 Å². The van der Waals surface area contributed by atoms with Crippen LogP contribution in [-0.4, -0.2) is 440 Å². The van der Waals surface area contributed by atoms with Gasteiger partial charge in [-0.05, 0) is 80.5 Å². The Labute approximate surface area is 838 Å². The number of aliphatic carboxylic acids is 2. The number of aliphatic hydroxyl groups is 20. The number of carboxylic acid groups (broad SMARTS) is 2. The number of benzene rings is 3. The number of carbonyl (C=O) groups excluding carboxylic acids is 2. The summed E-state index contributed by atoms with van der Waals surface area (Å²) in [5.41, 5.74) is 13.6. The molecule has 31 N–H and O–H groups in total. The molecule has 2 unspecified atom stereocenters. The monoisotopic (exact) mass is 2070 g/mol. The number of fused-ring (bicyclic) bond motifs is 17. The molecular formula is C90H125N25O26S3. The Bertz CT molecular complexity index is 5470. The first-order valence-corrected chi connectivity index (χ1v) is 49.0. The Morgan fingerprint density at radius 1 is 0.472 bits per heavy atom. The Balaban J connectivity index is 1.59. The zero-order chi connectivity index (χ0) is 106. The lowest BCUT2D eigenvalue weighted by molar-refractivity contribution is -0.149. The van der Waals surface area contributed by atoms with Gasteiger partial charge in [0.15, 0.2) is 35.8 Å². The van der Waals surface area contributed by atoms with Crippen molar-refractivity contribution in [2.75, 3.05) is 62.3 Å². The van der Waals surface area contributed by atoms with E-state index in [9.17, 15) is 132 Å². The quantitative estimate of drug-likeness (QED) is 0.0207. The summed E-state index contributed by atoms with van der Waals surface area (Å²) >= 11 is 1.95. The van der Waals surface area contributed by atoms with Crippen molar-refractivity contribution in [2.24, 2.45) is 102 Å². The lowest BCUT2D eigenvalue weighted by Crippen LogP contribution is -2.43. The van der Waals surface area contributed by atoms with Gasteiger partial charge in [-0.15, -0.1) is 0 Å². The van der Waals surface area contributed by atoms with Crippen molar-refractivity contribution in [3.8, 4) is 0 Å². The fourth-order valence-corrected chi connectivity index (χ4v) is 18.0. The Kier molecular flexibility index (Phi) is 45.3. The number of rotatable bonds is 20. The number of Topliss-reactive ketones (excluding diaryl/α,β-unsaturated/α-hetero) is 1. The summed E-state index contributed by atoms with van der Waals surface area (Å²) in [5, 5.41) is 292. The van der Waals surface area contributed by atoms with Crippen LogP contribution < -0.4 is 22.1 Å². The van der Waals surface area contributed by atoms with Crippen molar-refractivity contribution in [3.63, 3.8) is 0 Å². The second kappa shape index (κ2) is 56.6. The predicted molar refractivity (Wildman–Crippen MR) is 554 cm³/mol. The Morgan fingerprint density at radius 2 is 0.931 bits per heavy atom. The van der Waals surface area contributed by atoms with E-state index in [0.29, 0.717) is 40.2 Å². The van der Waals surface area contributed by atoms with E-state index >= 15 is 0 Å². The number of carbonyl (C=O) groups is 4. The number of amides is 1. The standard InChI is InChI=1S/C90H125N25O26S3/c1-43(2)66-85(135)110-59-41-142-40-58-80(130)109-60-42-144-45(4)68(87(137)106-55(76(126)111-66)34-48-22-12-7-13-23-48)112-77(127)54(33-47-20-10-6-11-21-47)105-83(133)61-26-17-31-115(61)65(119)38-99-73(123)53(32-46-18-8-5-9-19-46)104-79(129)57(107-81(60)131)36-96-29-15-14-24-50(70(120)88(138)139)101-86(136)67(113-78(128)56(35-63(93)117)100-64(118)37-98-84(134)69(114-82(59)132)71(121)89(140)141)44(3)143-39-49(91)72(122)102-51(25-16-30-97-90(94)95)74(124)103-52(75(125)108-58)27-28-62(92)116/h5-13,18-23,43-45,49-61,66-69,71,96,121H,14-17,24-42,91H2,1-4H3,(H2,92,116)(H2,93,117)(H,98,134)(H,99,123)(H,100,118)(H,101,136)(H,102,122)(H,103,124)(H,104,129)(H,105,133)(H,106,137)(H,107,131)(H,108,125)(H,109,130)(H,110,135)(H,111,126)(H,112,127)(H,113,128)(H,114,132)(H,138,139)(H,140,141)(H4,94,95,97)/t44-,45?,49+,50+,51+,52+,53+,54+,55+,56+,57+,58+,59+,60+,61+,66+,67?,68+,69+,71-/m1/s1. The molecule has 5 aliphatic rings. The summed E-state index contributed by atoms with van der Waals surface area (Å²) in [4.78, 5) is 129. The van der Waals surface area contributed by atoms with Gasteiger partial charge in [-0.3, -0.25) is 25.8 Å². The van der Waals surface area contributed by atoms with E-state index in [0.717, 1.165) is 11.8 Å². The molecule has 1 saturated heterocycles. The van der Waals surface area contributed by atoms with Crippen LogP contribution >= 0.6 is 35.3 Å². The van der Waals surface area contributed by atoms with Crippen LogP contribution in [0.25, 0.3) is 0 Å². The maximum atomic E-state index is 14.6. The molecule has 3 aromatic carbocycles. The van der Waals surface area contributed by atoms with Crippen molar-refractivity contribution < 1.29 is 132 Å². The molecule has 51 nitrogen and oxygen atoms in total. The second-order valence-electron chi connectivity index (χ2n) is 34.2. The van der Waals surface area contributed by atoms with Crippen molar-refractivity contribution in [2.45, 2.75) is 230 Å². The molecule has 144 heavy (non-hydrogen) atoms. The van der Waals surface area contributed by atoms with Gasteiger partial charge in [0.05, 0.1) is 12.5 Å². The van der Waals surface area contributed by atoms with Gasteiger partial charge in [-0.25, -0.2) is 94.5 Å². The van der Waals surface area contributed by atoms with Crippen molar-refractivity contribution in [1.29, 1.82) is 16.2 Å². The van der Waals surface area contributed by atoms with Gasteiger partial charge in [0.25, 0.3) is 5.78 Å². The lowest BCUT2D eigenvalue weighted by Gasteiger charge is -2.25. The number of aliphatic hydroxyl groups excluding tert-OH is 20.